The van der Waals surface area contributed by atoms with Crippen LogP contribution in [0.2, 0.25) is 0 Å². The van der Waals surface area contributed by atoms with Crippen molar-refractivity contribution in [3.8, 4) is 16.9 Å². The van der Waals surface area contributed by atoms with Crippen LogP contribution in [0, 0.1) is 0 Å². The van der Waals surface area contributed by atoms with Crippen LogP contribution in [0.1, 0.15) is 13.8 Å². The molecule has 0 radical (unpaired) electrons. The van der Waals surface area contributed by atoms with E-state index in [1.165, 1.54) is 12.5 Å². The number of hydrogen-bond acceptors (Lipinski definition) is 2. The number of carbonyl (C=O) groups is 1. The van der Waals surface area contributed by atoms with Gasteiger partial charge < -0.3 is 4.74 Å². The maximum absolute atomic E-state index is 11.1. The van der Waals surface area contributed by atoms with E-state index in [2.05, 4.69) is 12.1 Å². The Morgan fingerprint density at radius 1 is 0.944 bits per heavy atom. The van der Waals surface area contributed by atoms with E-state index >= 15 is 0 Å². The highest BCUT2D eigenvalue weighted by Crippen LogP contribution is 2.22. The molecule has 0 bridgehead atoms. The zero-order valence-corrected chi connectivity index (χ0v) is 10.6. The van der Waals surface area contributed by atoms with Crippen LogP contribution in [0.3, 0.4) is 0 Å². The third-order valence-electron chi connectivity index (χ3n) is 2.85. The van der Waals surface area contributed by atoms with Gasteiger partial charge in [0, 0.05) is 0 Å². The van der Waals surface area contributed by atoms with Gasteiger partial charge >= 0.3 is 0 Å². The van der Waals surface area contributed by atoms with Crippen molar-refractivity contribution in [2.75, 3.05) is 0 Å². The lowest BCUT2D eigenvalue weighted by atomic mass is 10.1. The van der Waals surface area contributed by atoms with Crippen molar-refractivity contribution in [3.05, 3.63) is 54.6 Å². The van der Waals surface area contributed by atoms with Crippen molar-refractivity contribution in [2.24, 2.45) is 0 Å². The van der Waals surface area contributed by atoms with Crippen LogP contribution in [0.25, 0.3) is 11.1 Å². The lowest BCUT2D eigenvalue weighted by molar-refractivity contribution is -0.122. The Morgan fingerprint density at radius 2 is 1.50 bits per heavy atom. The molecule has 1 atom stereocenters. The summed E-state index contributed by atoms with van der Waals surface area (Å²) in [7, 11) is 0. The Labute approximate surface area is 107 Å². The van der Waals surface area contributed by atoms with Crippen molar-refractivity contribution in [2.45, 2.75) is 20.0 Å². The van der Waals surface area contributed by atoms with Gasteiger partial charge in [0.25, 0.3) is 0 Å². The molecule has 0 unspecified atom stereocenters. The van der Waals surface area contributed by atoms with Crippen LogP contribution in [0.15, 0.2) is 54.6 Å². The fourth-order valence-corrected chi connectivity index (χ4v) is 1.64. The van der Waals surface area contributed by atoms with Crippen LogP contribution in [-0.4, -0.2) is 11.9 Å². The Kier molecular flexibility index (Phi) is 3.78. The fourth-order valence-electron chi connectivity index (χ4n) is 1.64. The molecule has 0 saturated heterocycles. The number of ketones is 1. The van der Waals surface area contributed by atoms with E-state index in [9.17, 15) is 4.79 Å². The molecule has 0 amide bonds. The maximum atomic E-state index is 11.1. The third kappa shape index (κ3) is 2.98. The molecule has 0 N–H and O–H groups in total. The van der Waals surface area contributed by atoms with E-state index in [0.717, 1.165) is 11.3 Å². The normalized spacial score (nSPS) is 11.9. The smallest absolute Gasteiger partial charge is 0.169 e. The molecule has 0 aliphatic heterocycles. The number of carbonyl (C=O) groups excluding carboxylic acids is 1. The highest BCUT2D eigenvalue weighted by atomic mass is 16.5. The van der Waals surface area contributed by atoms with Gasteiger partial charge in [0.2, 0.25) is 0 Å². The van der Waals surface area contributed by atoms with Gasteiger partial charge in [0.05, 0.1) is 0 Å². The number of rotatable bonds is 4. The number of hydrogen-bond donors (Lipinski definition) is 0. The van der Waals surface area contributed by atoms with Gasteiger partial charge in [-0.2, -0.15) is 0 Å². The number of ether oxygens (including phenoxy) is 1. The molecule has 0 aromatic heterocycles. The zero-order valence-electron chi connectivity index (χ0n) is 10.6. The van der Waals surface area contributed by atoms with E-state index in [4.69, 9.17) is 4.74 Å². The monoisotopic (exact) mass is 240 g/mol. The van der Waals surface area contributed by atoms with Crippen LogP contribution in [0.5, 0.6) is 5.75 Å². The van der Waals surface area contributed by atoms with Gasteiger partial charge in [-0.05, 0) is 37.1 Å². The first-order valence-corrected chi connectivity index (χ1v) is 5.99. The van der Waals surface area contributed by atoms with Gasteiger partial charge in [-0.1, -0.05) is 42.5 Å². The Hall–Kier alpha value is -2.09. The molecular formula is C16H16O2. The molecular weight excluding hydrogens is 224 g/mol. The Bertz CT molecular complexity index is 515. The molecule has 0 heterocycles. The van der Waals surface area contributed by atoms with E-state index in [1.54, 1.807) is 6.92 Å². The van der Waals surface area contributed by atoms with Crippen molar-refractivity contribution >= 4 is 5.78 Å². The Morgan fingerprint density at radius 3 is 2.06 bits per heavy atom. The summed E-state index contributed by atoms with van der Waals surface area (Å²) in [6.07, 6.45) is -0.396. The molecule has 2 nitrogen and oxygen atoms in total. The second-order valence-corrected chi connectivity index (χ2v) is 4.26. The Balaban J connectivity index is 2.13. The molecule has 2 rings (SSSR count). The highest BCUT2D eigenvalue weighted by Gasteiger charge is 2.08. The van der Waals surface area contributed by atoms with Crippen LogP contribution >= 0.6 is 0 Å². The summed E-state index contributed by atoms with van der Waals surface area (Å²) in [5.41, 5.74) is 2.31. The lowest BCUT2D eigenvalue weighted by Gasteiger charge is -2.11. The van der Waals surface area contributed by atoms with Crippen LogP contribution in [0.4, 0.5) is 0 Å². The minimum absolute atomic E-state index is 0.0298. The number of Topliss-reactive ketones (excluding diaryl/α,β-unsaturated/α-hetero) is 1. The fraction of sp³-hybridized carbons (Fsp3) is 0.188. The predicted octanol–water partition coefficient (Wildman–Crippen LogP) is 3.71. The maximum Gasteiger partial charge on any atom is 0.169 e. The molecule has 0 aliphatic rings. The highest BCUT2D eigenvalue weighted by molar-refractivity contribution is 5.80. The number of benzene rings is 2. The van der Waals surface area contributed by atoms with E-state index in [0.29, 0.717) is 0 Å². The molecule has 0 saturated carbocycles. The molecule has 2 heteroatoms. The summed E-state index contributed by atoms with van der Waals surface area (Å²) < 4.78 is 5.52. The van der Waals surface area contributed by atoms with E-state index in [-0.39, 0.29) is 5.78 Å². The molecule has 0 spiro atoms. The van der Waals surface area contributed by atoms with Crippen molar-refractivity contribution in [1.29, 1.82) is 0 Å². The molecule has 18 heavy (non-hydrogen) atoms. The second-order valence-electron chi connectivity index (χ2n) is 4.26. The summed E-state index contributed by atoms with van der Waals surface area (Å²) in [5.74, 6) is 0.750. The zero-order chi connectivity index (χ0) is 13.0. The van der Waals surface area contributed by atoms with Crippen molar-refractivity contribution < 1.29 is 9.53 Å². The van der Waals surface area contributed by atoms with Crippen molar-refractivity contribution in [1.82, 2.24) is 0 Å². The second kappa shape index (κ2) is 5.50. The SMILES string of the molecule is CC(=O)[C@@H](C)Oc1ccc(-c2ccccc2)cc1. The quantitative estimate of drug-likeness (QED) is 0.814. The molecule has 92 valence electrons. The van der Waals surface area contributed by atoms with E-state index < -0.39 is 6.10 Å². The van der Waals surface area contributed by atoms with Gasteiger partial charge in [0.1, 0.15) is 5.75 Å². The summed E-state index contributed by atoms with van der Waals surface area (Å²) in [6.45, 7) is 3.29. The van der Waals surface area contributed by atoms with Gasteiger partial charge in [-0.15, -0.1) is 0 Å². The standard InChI is InChI=1S/C16H16O2/c1-12(17)13(2)18-16-10-8-15(9-11-16)14-6-4-3-5-7-14/h3-11,13H,1-2H3/t13-/m1/s1. The minimum atomic E-state index is -0.396. The minimum Gasteiger partial charge on any atom is -0.483 e. The average Bonchev–Trinajstić information content (AvgIpc) is 2.40. The van der Waals surface area contributed by atoms with Crippen LogP contribution < -0.4 is 4.74 Å². The van der Waals surface area contributed by atoms with Crippen LogP contribution in [-0.2, 0) is 4.79 Å². The predicted molar refractivity (Wildman–Crippen MR) is 72.6 cm³/mol. The van der Waals surface area contributed by atoms with Crippen molar-refractivity contribution in [3.63, 3.8) is 0 Å². The topological polar surface area (TPSA) is 26.3 Å². The summed E-state index contributed by atoms with van der Waals surface area (Å²) in [6, 6.07) is 17.9. The van der Waals surface area contributed by atoms with Gasteiger partial charge in [-0.3, -0.25) is 4.79 Å². The largest absolute Gasteiger partial charge is 0.483 e. The molecule has 2 aromatic rings. The average molecular weight is 240 g/mol. The van der Waals surface area contributed by atoms with Gasteiger partial charge in [0.15, 0.2) is 11.9 Å². The summed E-state index contributed by atoms with van der Waals surface area (Å²) >= 11 is 0. The molecule has 0 fully saturated rings. The summed E-state index contributed by atoms with van der Waals surface area (Å²) in [4.78, 5) is 11.1. The lowest BCUT2D eigenvalue weighted by Crippen LogP contribution is -2.20. The third-order valence-corrected chi connectivity index (χ3v) is 2.85. The first-order valence-electron chi connectivity index (χ1n) is 5.99. The van der Waals surface area contributed by atoms with E-state index in [1.807, 2.05) is 42.5 Å². The summed E-state index contributed by atoms with van der Waals surface area (Å²) in [5, 5.41) is 0. The molecule has 2 aromatic carbocycles. The molecule has 0 aliphatic carbocycles. The van der Waals surface area contributed by atoms with Gasteiger partial charge in [-0.25, -0.2) is 0 Å². The first kappa shape index (κ1) is 12.4. The first-order chi connectivity index (χ1) is 8.66.